The van der Waals surface area contributed by atoms with Gasteiger partial charge in [0, 0.05) is 19.6 Å². The Labute approximate surface area is 139 Å². The zero-order valence-corrected chi connectivity index (χ0v) is 14.1. The van der Waals surface area contributed by atoms with Crippen LogP contribution in [-0.2, 0) is 17.6 Å². The highest BCUT2D eigenvalue weighted by Crippen LogP contribution is 2.48. The molecule has 0 aromatic heterocycles. The molecule has 1 aromatic carbocycles. The topological polar surface area (TPSA) is 40.5 Å². The number of benzene rings is 1. The van der Waals surface area contributed by atoms with E-state index in [0.717, 1.165) is 51.7 Å². The minimum Gasteiger partial charge on any atom is -0.481 e. The third kappa shape index (κ3) is 3.16. The van der Waals surface area contributed by atoms with E-state index < -0.39 is 11.4 Å². The van der Waals surface area contributed by atoms with Crippen molar-refractivity contribution in [1.29, 1.82) is 0 Å². The monoisotopic (exact) mass is 323 g/mol. The summed E-state index contributed by atoms with van der Waals surface area (Å²) < 4.78 is 0. The first-order valence-electron chi connectivity index (χ1n) is 8.17. The van der Waals surface area contributed by atoms with Crippen LogP contribution < -0.4 is 0 Å². The van der Waals surface area contributed by atoms with Crippen molar-refractivity contribution in [1.82, 2.24) is 4.90 Å². The van der Waals surface area contributed by atoms with Crippen molar-refractivity contribution >= 4 is 18.4 Å². The maximum atomic E-state index is 11.7. The summed E-state index contributed by atoms with van der Waals surface area (Å²) in [6.07, 6.45) is 5.15. The van der Waals surface area contributed by atoms with Gasteiger partial charge in [-0.3, -0.25) is 4.79 Å². The first-order valence-corrected chi connectivity index (χ1v) is 8.17. The van der Waals surface area contributed by atoms with Gasteiger partial charge in [0.25, 0.3) is 0 Å². The third-order valence-electron chi connectivity index (χ3n) is 5.52. The number of fused-ring (bicyclic) bond motifs is 1. The lowest BCUT2D eigenvalue weighted by molar-refractivity contribution is -0.149. The fraction of sp³-hybridized carbons (Fsp3) is 0.611. The van der Waals surface area contributed by atoms with Crippen LogP contribution in [0, 0.1) is 11.3 Å². The molecule has 3 nitrogen and oxygen atoms in total. The minimum absolute atomic E-state index is 0. The number of nitrogens with zero attached hydrogens (tertiary/aromatic N) is 1. The fourth-order valence-electron chi connectivity index (χ4n) is 4.14. The fourth-order valence-corrected chi connectivity index (χ4v) is 4.14. The van der Waals surface area contributed by atoms with Crippen molar-refractivity contribution in [3.05, 3.63) is 35.4 Å². The van der Waals surface area contributed by atoms with E-state index in [4.69, 9.17) is 0 Å². The van der Waals surface area contributed by atoms with Gasteiger partial charge >= 0.3 is 5.97 Å². The van der Waals surface area contributed by atoms with Gasteiger partial charge in [0.05, 0.1) is 5.41 Å². The molecular formula is C18H26ClNO2. The van der Waals surface area contributed by atoms with Crippen molar-refractivity contribution in [2.45, 2.75) is 39.0 Å². The maximum absolute atomic E-state index is 11.7. The standard InChI is InChI=1S/C18H25NO2.ClH/c1-2-14-5-7-15(8-6-14)9-11-19-12-16-4-3-10-18(16,13-19)17(20)21;/h5-8,16H,2-4,9-13H2,1H3,(H,20,21);1H/t16-,18+;/m0./s1. The van der Waals surface area contributed by atoms with Crippen LogP contribution in [0.2, 0.25) is 0 Å². The summed E-state index contributed by atoms with van der Waals surface area (Å²) in [5.74, 6) is -0.197. The smallest absolute Gasteiger partial charge is 0.311 e. The number of carboxylic acids is 1. The van der Waals surface area contributed by atoms with Crippen molar-refractivity contribution in [2.24, 2.45) is 11.3 Å². The van der Waals surface area contributed by atoms with Gasteiger partial charge in [-0.25, -0.2) is 0 Å². The zero-order valence-electron chi connectivity index (χ0n) is 13.3. The molecule has 4 heteroatoms. The Morgan fingerprint density at radius 2 is 2.00 bits per heavy atom. The van der Waals surface area contributed by atoms with Gasteiger partial charge in [0.2, 0.25) is 0 Å². The summed E-state index contributed by atoms with van der Waals surface area (Å²) in [5.41, 5.74) is 2.29. The molecule has 2 fully saturated rings. The molecule has 0 amide bonds. The number of halogens is 1. The number of likely N-dealkylation sites (tertiary alicyclic amines) is 1. The van der Waals surface area contributed by atoms with E-state index in [0.29, 0.717) is 5.92 Å². The normalized spacial score (nSPS) is 27.4. The maximum Gasteiger partial charge on any atom is 0.311 e. The second kappa shape index (κ2) is 7.01. The van der Waals surface area contributed by atoms with Gasteiger partial charge in [-0.1, -0.05) is 37.6 Å². The van der Waals surface area contributed by atoms with E-state index >= 15 is 0 Å². The van der Waals surface area contributed by atoms with Crippen molar-refractivity contribution in [3.63, 3.8) is 0 Å². The quantitative estimate of drug-likeness (QED) is 0.903. The summed E-state index contributed by atoms with van der Waals surface area (Å²) in [5, 5.41) is 9.61. The van der Waals surface area contributed by atoms with Gasteiger partial charge in [-0.05, 0) is 42.7 Å². The molecule has 1 aliphatic heterocycles. The predicted molar refractivity (Wildman–Crippen MR) is 90.6 cm³/mol. The molecule has 22 heavy (non-hydrogen) atoms. The van der Waals surface area contributed by atoms with E-state index in [2.05, 4.69) is 36.1 Å². The Hall–Kier alpha value is -1.06. The van der Waals surface area contributed by atoms with Gasteiger partial charge in [-0.15, -0.1) is 12.4 Å². The van der Waals surface area contributed by atoms with Crippen molar-refractivity contribution < 1.29 is 9.90 Å². The van der Waals surface area contributed by atoms with E-state index in [1.165, 1.54) is 11.1 Å². The number of rotatable bonds is 5. The third-order valence-corrected chi connectivity index (χ3v) is 5.52. The highest BCUT2D eigenvalue weighted by atomic mass is 35.5. The molecule has 0 unspecified atom stereocenters. The number of carboxylic acid groups (broad SMARTS) is 1. The largest absolute Gasteiger partial charge is 0.481 e. The Morgan fingerprint density at radius 3 is 2.59 bits per heavy atom. The summed E-state index contributed by atoms with van der Waals surface area (Å²) in [7, 11) is 0. The molecule has 0 bridgehead atoms. The molecular weight excluding hydrogens is 298 g/mol. The Balaban J connectivity index is 0.00000176. The minimum atomic E-state index is -0.570. The summed E-state index contributed by atoms with van der Waals surface area (Å²) in [4.78, 5) is 14.0. The van der Waals surface area contributed by atoms with E-state index in [1.54, 1.807) is 0 Å². The second-order valence-electron chi connectivity index (χ2n) is 6.71. The van der Waals surface area contributed by atoms with Crippen molar-refractivity contribution in [2.75, 3.05) is 19.6 Å². The molecule has 1 aliphatic carbocycles. The first kappa shape index (κ1) is 17.3. The van der Waals surface area contributed by atoms with Gasteiger partial charge in [0.1, 0.15) is 0 Å². The van der Waals surface area contributed by atoms with Crippen LogP contribution in [0.5, 0.6) is 0 Å². The van der Waals surface area contributed by atoms with Crippen LogP contribution in [-0.4, -0.2) is 35.6 Å². The Morgan fingerprint density at radius 1 is 1.32 bits per heavy atom. The molecule has 0 spiro atoms. The summed E-state index contributed by atoms with van der Waals surface area (Å²) in [6.45, 7) is 4.87. The van der Waals surface area contributed by atoms with E-state index in [1.807, 2.05) is 0 Å². The van der Waals surface area contributed by atoms with E-state index in [9.17, 15) is 9.90 Å². The number of aryl methyl sites for hydroxylation is 1. The second-order valence-corrected chi connectivity index (χ2v) is 6.71. The molecule has 2 aliphatic rings. The molecule has 1 aromatic rings. The Kier molecular flexibility index (Phi) is 5.51. The average Bonchev–Trinajstić information content (AvgIpc) is 3.03. The molecule has 2 atom stereocenters. The average molecular weight is 324 g/mol. The van der Waals surface area contributed by atoms with Crippen LogP contribution in [0.15, 0.2) is 24.3 Å². The molecule has 3 rings (SSSR count). The number of hydrogen-bond acceptors (Lipinski definition) is 2. The van der Waals surface area contributed by atoms with Crippen LogP contribution in [0.3, 0.4) is 0 Å². The summed E-state index contributed by atoms with van der Waals surface area (Å²) >= 11 is 0. The number of carbonyl (C=O) groups is 1. The lowest BCUT2D eigenvalue weighted by Gasteiger charge is -2.23. The van der Waals surface area contributed by atoms with Crippen LogP contribution in [0.4, 0.5) is 0 Å². The molecule has 0 radical (unpaired) electrons. The molecule has 1 N–H and O–H groups in total. The van der Waals surface area contributed by atoms with Gasteiger partial charge < -0.3 is 10.0 Å². The van der Waals surface area contributed by atoms with Gasteiger partial charge in [-0.2, -0.15) is 0 Å². The van der Waals surface area contributed by atoms with Crippen LogP contribution >= 0.6 is 12.4 Å². The highest BCUT2D eigenvalue weighted by Gasteiger charge is 2.54. The Bertz CT molecular complexity index is 516. The predicted octanol–water partition coefficient (Wildman–Crippen LogP) is 3.40. The lowest BCUT2D eigenvalue weighted by atomic mass is 9.81. The highest BCUT2D eigenvalue weighted by molar-refractivity contribution is 5.85. The molecule has 1 saturated heterocycles. The van der Waals surface area contributed by atoms with Crippen LogP contribution in [0.1, 0.15) is 37.3 Å². The van der Waals surface area contributed by atoms with Crippen molar-refractivity contribution in [3.8, 4) is 0 Å². The first-order chi connectivity index (χ1) is 10.1. The van der Waals surface area contributed by atoms with E-state index in [-0.39, 0.29) is 12.4 Å². The number of aliphatic carboxylic acids is 1. The van der Waals surface area contributed by atoms with Gasteiger partial charge in [0.15, 0.2) is 0 Å². The molecule has 1 heterocycles. The zero-order chi connectivity index (χ0) is 14.9. The van der Waals surface area contributed by atoms with Crippen LogP contribution in [0.25, 0.3) is 0 Å². The lowest BCUT2D eigenvalue weighted by Crippen LogP contribution is -2.36. The summed E-state index contributed by atoms with van der Waals surface area (Å²) in [6, 6.07) is 8.82. The molecule has 1 saturated carbocycles. The molecule has 122 valence electrons. The number of hydrogen-bond donors (Lipinski definition) is 1. The SMILES string of the molecule is CCc1ccc(CCN2C[C@@H]3CCC[C@@]3(C(=O)O)C2)cc1.Cl.